The van der Waals surface area contributed by atoms with Crippen molar-refractivity contribution >= 4 is 34.8 Å². The molecule has 126 valence electrons. The molecule has 7 heteroatoms. The van der Waals surface area contributed by atoms with Gasteiger partial charge in [-0.15, -0.1) is 0 Å². The zero-order valence-electron chi connectivity index (χ0n) is 13.3. The summed E-state index contributed by atoms with van der Waals surface area (Å²) >= 11 is 6.09. The fourth-order valence-electron chi connectivity index (χ4n) is 2.07. The first-order valence-electron chi connectivity index (χ1n) is 7.44. The molecule has 1 heterocycles. The molecule has 0 saturated heterocycles. The summed E-state index contributed by atoms with van der Waals surface area (Å²) in [5.41, 5.74) is 2.33. The minimum atomic E-state index is -0.418. The zero-order valence-corrected chi connectivity index (χ0v) is 14.0. The Morgan fingerprint density at radius 3 is 2.52 bits per heavy atom. The third kappa shape index (κ3) is 4.30. The highest BCUT2D eigenvalue weighted by Crippen LogP contribution is 2.22. The average Bonchev–Trinajstić information content (AvgIpc) is 2.60. The van der Waals surface area contributed by atoms with Crippen molar-refractivity contribution in [3.63, 3.8) is 0 Å². The van der Waals surface area contributed by atoms with Gasteiger partial charge in [0, 0.05) is 22.6 Å². The van der Waals surface area contributed by atoms with E-state index < -0.39 is 5.91 Å². The van der Waals surface area contributed by atoms with E-state index in [1.807, 2.05) is 19.1 Å². The van der Waals surface area contributed by atoms with Crippen molar-refractivity contribution in [3.8, 4) is 0 Å². The second-order valence-corrected chi connectivity index (χ2v) is 5.72. The van der Waals surface area contributed by atoms with Gasteiger partial charge in [0.15, 0.2) is 0 Å². The Balaban J connectivity index is 1.75. The van der Waals surface area contributed by atoms with Crippen LogP contribution >= 0.6 is 11.6 Å². The van der Waals surface area contributed by atoms with Crippen molar-refractivity contribution in [2.45, 2.75) is 6.92 Å². The highest BCUT2D eigenvalue weighted by atomic mass is 35.5. The van der Waals surface area contributed by atoms with Gasteiger partial charge in [-0.1, -0.05) is 17.7 Å². The highest BCUT2D eigenvalue weighted by Gasteiger charge is 2.10. The van der Waals surface area contributed by atoms with E-state index in [1.165, 1.54) is 36.5 Å². The summed E-state index contributed by atoms with van der Waals surface area (Å²) in [6.45, 7) is 1.91. The summed E-state index contributed by atoms with van der Waals surface area (Å²) in [4.78, 5) is 20.5. The fraction of sp³-hybridized carbons (Fsp3) is 0.0556. The average molecular weight is 357 g/mol. The molecule has 0 aliphatic rings. The number of amides is 1. The van der Waals surface area contributed by atoms with Gasteiger partial charge in [0.05, 0.1) is 0 Å². The molecule has 0 unspecified atom stereocenters. The Morgan fingerprint density at radius 1 is 1.08 bits per heavy atom. The van der Waals surface area contributed by atoms with Crippen LogP contribution in [0.5, 0.6) is 0 Å². The van der Waals surface area contributed by atoms with Crippen molar-refractivity contribution in [1.82, 2.24) is 9.97 Å². The van der Waals surface area contributed by atoms with Crippen LogP contribution in [0.25, 0.3) is 0 Å². The van der Waals surface area contributed by atoms with Crippen LogP contribution in [-0.4, -0.2) is 15.9 Å². The van der Waals surface area contributed by atoms with Gasteiger partial charge in [0.1, 0.15) is 11.5 Å². The van der Waals surface area contributed by atoms with Crippen molar-refractivity contribution in [2.75, 3.05) is 10.6 Å². The number of benzene rings is 2. The molecule has 1 amide bonds. The van der Waals surface area contributed by atoms with E-state index in [1.54, 1.807) is 6.07 Å². The van der Waals surface area contributed by atoms with Crippen molar-refractivity contribution < 1.29 is 9.18 Å². The number of anilines is 3. The third-order valence-electron chi connectivity index (χ3n) is 3.42. The molecule has 1 aromatic heterocycles. The predicted molar refractivity (Wildman–Crippen MR) is 95.9 cm³/mol. The minimum Gasteiger partial charge on any atom is -0.324 e. The van der Waals surface area contributed by atoms with Crippen LogP contribution in [0.3, 0.4) is 0 Å². The monoisotopic (exact) mass is 356 g/mol. The normalized spacial score (nSPS) is 10.4. The minimum absolute atomic E-state index is 0.181. The molecular formula is C18H14ClFN4O. The number of carbonyl (C=O) groups is 1. The Labute approximate surface area is 148 Å². The maximum absolute atomic E-state index is 12.9. The number of aryl methyl sites for hydroxylation is 1. The molecule has 0 aliphatic carbocycles. The first kappa shape index (κ1) is 16.9. The molecular weight excluding hydrogens is 343 g/mol. The molecule has 0 radical (unpaired) electrons. The van der Waals surface area contributed by atoms with Crippen LogP contribution in [0, 0.1) is 12.7 Å². The van der Waals surface area contributed by atoms with Crippen LogP contribution in [0.15, 0.2) is 54.7 Å². The van der Waals surface area contributed by atoms with E-state index in [0.29, 0.717) is 16.4 Å². The van der Waals surface area contributed by atoms with Crippen LogP contribution in [-0.2, 0) is 0 Å². The molecule has 0 fully saturated rings. The van der Waals surface area contributed by atoms with Crippen LogP contribution in [0.1, 0.15) is 16.1 Å². The number of aromatic nitrogens is 2. The molecule has 0 bridgehead atoms. The maximum atomic E-state index is 12.9. The maximum Gasteiger partial charge on any atom is 0.274 e. The molecule has 2 N–H and O–H groups in total. The number of nitrogens with zero attached hydrogens (tertiary/aromatic N) is 2. The largest absolute Gasteiger partial charge is 0.324 e. The summed E-state index contributed by atoms with van der Waals surface area (Å²) in [7, 11) is 0. The molecule has 5 nitrogen and oxygen atoms in total. The quantitative estimate of drug-likeness (QED) is 0.718. The van der Waals surface area contributed by atoms with Crippen molar-refractivity contribution in [2.24, 2.45) is 0 Å². The number of rotatable bonds is 4. The van der Waals surface area contributed by atoms with E-state index >= 15 is 0 Å². The summed E-state index contributed by atoms with van der Waals surface area (Å²) in [6.07, 6.45) is 1.48. The number of hydrogen-bond donors (Lipinski definition) is 2. The summed E-state index contributed by atoms with van der Waals surface area (Å²) < 4.78 is 12.9. The molecule has 25 heavy (non-hydrogen) atoms. The Kier molecular flexibility index (Phi) is 4.90. The van der Waals surface area contributed by atoms with Crippen LogP contribution < -0.4 is 10.6 Å². The van der Waals surface area contributed by atoms with E-state index in [-0.39, 0.29) is 17.5 Å². The first-order valence-corrected chi connectivity index (χ1v) is 7.82. The molecule has 2 aromatic carbocycles. The van der Waals surface area contributed by atoms with Crippen molar-refractivity contribution in [3.05, 3.63) is 76.8 Å². The lowest BCUT2D eigenvalue weighted by molar-refractivity contribution is 0.102. The molecule has 0 saturated carbocycles. The number of halogens is 2. The molecule has 0 atom stereocenters. The van der Waals surface area contributed by atoms with E-state index in [9.17, 15) is 9.18 Å². The van der Waals surface area contributed by atoms with Crippen LogP contribution in [0.4, 0.5) is 21.7 Å². The molecule has 0 spiro atoms. The van der Waals surface area contributed by atoms with Gasteiger partial charge in [-0.25, -0.2) is 14.4 Å². The lowest BCUT2D eigenvalue weighted by Gasteiger charge is -2.08. The first-order chi connectivity index (χ1) is 12.0. The number of hydrogen-bond acceptors (Lipinski definition) is 4. The Hall–Kier alpha value is -2.99. The lowest BCUT2D eigenvalue weighted by Crippen LogP contribution is -2.14. The summed E-state index contributed by atoms with van der Waals surface area (Å²) in [6, 6.07) is 12.4. The second-order valence-electron chi connectivity index (χ2n) is 5.32. The molecule has 3 aromatic rings. The second kappa shape index (κ2) is 7.27. The van der Waals surface area contributed by atoms with E-state index in [2.05, 4.69) is 20.6 Å². The zero-order chi connectivity index (χ0) is 17.8. The molecule has 0 aliphatic heterocycles. The van der Waals surface area contributed by atoms with Gasteiger partial charge in [0.2, 0.25) is 5.95 Å². The highest BCUT2D eigenvalue weighted by molar-refractivity contribution is 6.31. The third-order valence-corrected chi connectivity index (χ3v) is 3.83. The fourth-order valence-corrected chi connectivity index (χ4v) is 2.25. The van der Waals surface area contributed by atoms with E-state index in [4.69, 9.17) is 11.6 Å². The Morgan fingerprint density at radius 2 is 1.80 bits per heavy atom. The van der Waals surface area contributed by atoms with E-state index in [0.717, 1.165) is 5.56 Å². The number of nitrogens with one attached hydrogen (secondary N) is 2. The SMILES string of the molecule is Cc1ccc(Nc2nccc(C(=O)Nc3ccc(F)cc3)n2)cc1Cl. The van der Waals surface area contributed by atoms with Gasteiger partial charge < -0.3 is 10.6 Å². The molecule has 3 rings (SSSR count). The predicted octanol–water partition coefficient (Wildman–Crippen LogP) is 4.57. The van der Waals surface area contributed by atoms with Gasteiger partial charge >= 0.3 is 0 Å². The Bertz CT molecular complexity index is 915. The number of carbonyl (C=O) groups excluding carboxylic acids is 1. The standard InChI is InChI=1S/C18H14ClFN4O/c1-11-2-5-14(10-15(11)19)23-18-21-9-8-16(24-18)17(25)22-13-6-3-12(20)4-7-13/h2-10H,1H3,(H,22,25)(H,21,23,24). The summed E-state index contributed by atoms with van der Waals surface area (Å²) in [5, 5.41) is 6.27. The smallest absolute Gasteiger partial charge is 0.274 e. The van der Waals surface area contributed by atoms with Crippen molar-refractivity contribution in [1.29, 1.82) is 0 Å². The van der Waals surface area contributed by atoms with Crippen LogP contribution in [0.2, 0.25) is 5.02 Å². The van der Waals surface area contributed by atoms with Gasteiger partial charge in [-0.05, 0) is 55.0 Å². The van der Waals surface area contributed by atoms with Gasteiger partial charge in [0.25, 0.3) is 5.91 Å². The summed E-state index contributed by atoms with van der Waals surface area (Å²) in [5.74, 6) is -0.519. The topological polar surface area (TPSA) is 66.9 Å². The van der Waals surface area contributed by atoms with Gasteiger partial charge in [-0.2, -0.15) is 0 Å². The lowest BCUT2D eigenvalue weighted by atomic mass is 10.2. The van der Waals surface area contributed by atoms with Gasteiger partial charge in [-0.3, -0.25) is 4.79 Å².